The molecular weight excluding hydrogens is 318 g/mol. The molecule has 1 aromatic carbocycles. The molecule has 7 heteroatoms. The van der Waals surface area contributed by atoms with Crippen molar-refractivity contribution in [3.05, 3.63) is 53.0 Å². The lowest BCUT2D eigenvalue weighted by atomic mass is 10.1. The van der Waals surface area contributed by atoms with E-state index in [9.17, 15) is 10.1 Å². The number of hydrogen-bond donors (Lipinski definition) is 1. The van der Waals surface area contributed by atoms with Crippen LogP contribution in [0.1, 0.15) is 22.5 Å². The van der Waals surface area contributed by atoms with Gasteiger partial charge in [0.05, 0.1) is 29.0 Å². The van der Waals surface area contributed by atoms with Gasteiger partial charge in [0.15, 0.2) is 0 Å². The fourth-order valence-electron chi connectivity index (χ4n) is 3.43. The first-order valence-electron chi connectivity index (χ1n) is 7.88. The smallest absolute Gasteiger partial charge is 0.325 e. The van der Waals surface area contributed by atoms with Gasteiger partial charge in [-0.25, -0.2) is 0 Å². The largest absolute Gasteiger partial charge is 0.480 e. The predicted molar refractivity (Wildman–Crippen MR) is 90.9 cm³/mol. The van der Waals surface area contributed by atoms with Crippen LogP contribution in [-0.2, 0) is 24.4 Å². The molecule has 2 aromatic heterocycles. The SMILES string of the molecule is Cc1nn(CC(=O)O)c2c1CN(c1ccc(C#N)c3ncccc13)C2. The molecule has 0 unspecified atom stereocenters. The minimum absolute atomic E-state index is 0.139. The minimum atomic E-state index is -0.906. The van der Waals surface area contributed by atoms with E-state index in [0.29, 0.717) is 24.2 Å². The molecule has 1 aliphatic rings. The number of carboxylic acids is 1. The molecule has 7 nitrogen and oxygen atoms in total. The van der Waals surface area contributed by atoms with E-state index in [1.54, 1.807) is 16.9 Å². The monoisotopic (exact) mass is 333 g/mol. The maximum Gasteiger partial charge on any atom is 0.325 e. The summed E-state index contributed by atoms with van der Waals surface area (Å²) >= 11 is 0. The third-order valence-electron chi connectivity index (χ3n) is 4.55. The number of hydrogen-bond acceptors (Lipinski definition) is 5. The van der Waals surface area contributed by atoms with Gasteiger partial charge in [-0.05, 0) is 31.2 Å². The molecule has 1 aliphatic heterocycles. The first kappa shape index (κ1) is 15.1. The number of nitrogens with zero attached hydrogens (tertiary/aromatic N) is 5. The molecular formula is C18H15N5O2. The third kappa shape index (κ3) is 2.39. The molecule has 0 spiro atoms. The van der Waals surface area contributed by atoms with Crippen molar-refractivity contribution in [1.29, 1.82) is 5.26 Å². The molecule has 25 heavy (non-hydrogen) atoms. The topological polar surface area (TPSA) is 95.0 Å². The number of aryl methyl sites for hydroxylation is 1. The average Bonchev–Trinajstić information content (AvgIpc) is 3.15. The lowest BCUT2D eigenvalue weighted by Crippen LogP contribution is -2.19. The van der Waals surface area contributed by atoms with E-state index in [1.165, 1.54) is 0 Å². The third-order valence-corrected chi connectivity index (χ3v) is 4.55. The van der Waals surface area contributed by atoms with Gasteiger partial charge < -0.3 is 10.0 Å². The van der Waals surface area contributed by atoms with Crippen molar-refractivity contribution in [3.8, 4) is 6.07 Å². The maximum absolute atomic E-state index is 11.1. The first-order valence-corrected chi connectivity index (χ1v) is 7.88. The summed E-state index contributed by atoms with van der Waals surface area (Å²) in [5.41, 5.74) is 5.07. The Hall–Kier alpha value is -3.40. The zero-order valence-electron chi connectivity index (χ0n) is 13.6. The maximum atomic E-state index is 11.1. The summed E-state index contributed by atoms with van der Waals surface area (Å²) in [7, 11) is 0. The van der Waals surface area contributed by atoms with Crippen molar-refractivity contribution < 1.29 is 9.90 Å². The highest BCUT2D eigenvalue weighted by molar-refractivity contribution is 5.95. The molecule has 0 saturated heterocycles. The standard InChI is InChI=1S/C18H15N5O2/c1-11-14-8-22(9-16(14)23(21-11)10-17(24)25)15-5-4-12(7-19)18-13(15)3-2-6-20-18/h2-6H,8-10H2,1H3,(H,24,25). The van der Waals surface area contributed by atoms with Crippen molar-refractivity contribution >= 4 is 22.6 Å². The van der Waals surface area contributed by atoms with Crippen molar-refractivity contribution in [1.82, 2.24) is 14.8 Å². The van der Waals surface area contributed by atoms with Crippen LogP contribution in [0, 0.1) is 18.3 Å². The molecule has 0 fully saturated rings. The minimum Gasteiger partial charge on any atom is -0.480 e. The van der Waals surface area contributed by atoms with Crippen LogP contribution >= 0.6 is 0 Å². The normalized spacial score (nSPS) is 13.0. The van der Waals surface area contributed by atoms with E-state index in [0.717, 1.165) is 28.0 Å². The quantitative estimate of drug-likeness (QED) is 0.789. The van der Waals surface area contributed by atoms with Crippen molar-refractivity contribution in [2.75, 3.05) is 4.90 Å². The molecule has 0 saturated carbocycles. The Balaban J connectivity index is 1.77. The average molecular weight is 333 g/mol. The first-order chi connectivity index (χ1) is 12.1. The fraction of sp³-hybridized carbons (Fsp3) is 0.222. The zero-order valence-corrected chi connectivity index (χ0v) is 13.6. The summed E-state index contributed by atoms with van der Waals surface area (Å²) in [5.74, 6) is -0.906. The van der Waals surface area contributed by atoms with Gasteiger partial charge in [0.2, 0.25) is 0 Å². The van der Waals surface area contributed by atoms with Crippen LogP contribution in [0.5, 0.6) is 0 Å². The summed E-state index contributed by atoms with van der Waals surface area (Å²) < 4.78 is 1.57. The molecule has 0 amide bonds. The van der Waals surface area contributed by atoms with Crippen LogP contribution < -0.4 is 4.90 Å². The van der Waals surface area contributed by atoms with E-state index >= 15 is 0 Å². The predicted octanol–water partition coefficient (Wildman–Crippen LogP) is 2.22. The Labute approximate surface area is 143 Å². The Morgan fingerprint density at radius 2 is 2.20 bits per heavy atom. The Morgan fingerprint density at radius 1 is 1.36 bits per heavy atom. The highest BCUT2D eigenvalue weighted by atomic mass is 16.4. The number of fused-ring (bicyclic) bond motifs is 2. The number of pyridine rings is 1. The fourth-order valence-corrected chi connectivity index (χ4v) is 3.43. The van der Waals surface area contributed by atoms with Gasteiger partial charge in [-0.3, -0.25) is 14.5 Å². The second-order valence-corrected chi connectivity index (χ2v) is 6.06. The highest BCUT2D eigenvalue weighted by Crippen LogP contribution is 2.35. The van der Waals surface area contributed by atoms with E-state index < -0.39 is 5.97 Å². The van der Waals surface area contributed by atoms with Crippen LogP contribution in [0.25, 0.3) is 10.9 Å². The van der Waals surface area contributed by atoms with E-state index in [2.05, 4.69) is 21.1 Å². The van der Waals surface area contributed by atoms with Gasteiger partial charge in [0.1, 0.15) is 12.6 Å². The Bertz CT molecular complexity index is 1050. The number of aliphatic carboxylic acids is 1. The number of carboxylic acid groups (broad SMARTS) is 1. The Morgan fingerprint density at radius 3 is 2.96 bits per heavy atom. The zero-order chi connectivity index (χ0) is 17.6. The van der Waals surface area contributed by atoms with E-state index in [4.69, 9.17) is 5.11 Å². The molecule has 3 heterocycles. The number of aromatic nitrogens is 3. The van der Waals surface area contributed by atoms with Crippen LogP contribution in [0.3, 0.4) is 0 Å². The molecule has 0 radical (unpaired) electrons. The summed E-state index contributed by atoms with van der Waals surface area (Å²) in [6.07, 6.45) is 1.68. The number of rotatable bonds is 3. The van der Waals surface area contributed by atoms with Crippen molar-refractivity contribution in [2.45, 2.75) is 26.6 Å². The van der Waals surface area contributed by atoms with Gasteiger partial charge >= 0.3 is 5.97 Å². The molecule has 0 aliphatic carbocycles. The van der Waals surface area contributed by atoms with E-state index in [-0.39, 0.29) is 6.54 Å². The summed E-state index contributed by atoms with van der Waals surface area (Å²) in [6, 6.07) is 9.70. The van der Waals surface area contributed by atoms with Gasteiger partial charge in [-0.2, -0.15) is 10.4 Å². The van der Waals surface area contributed by atoms with Crippen molar-refractivity contribution in [3.63, 3.8) is 0 Å². The lowest BCUT2D eigenvalue weighted by molar-refractivity contribution is -0.137. The number of anilines is 1. The number of carbonyl (C=O) groups is 1. The Kier molecular flexibility index (Phi) is 3.39. The van der Waals surface area contributed by atoms with Crippen LogP contribution in [-0.4, -0.2) is 25.8 Å². The van der Waals surface area contributed by atoms with Gasteiger partial charge in [-0.15, -0.1) is 0 Å². The summed E-state index contributed by atoms with van der Waals surface area (Å²) in [6.45, 7) is 3.01. The van der Waals surface area contributed by atoms with Gasteiger partial charge in [0, 0.05) is 29.4 Å². The highest BCUT2D eigenvalue weighted by Gasteiger charge is 2.28. The van der Waals surface area contributed by atoms with Gasteiger partial charge in [0.25, 0.3) is 0 Å². The van der Waals surface area contributed by atoms with E-state index in [1.807, 2.05) is 25.1 Å². The van der Waals surface area contributed by atoms with Crippen molar-refractivity contribution in [2.24, 2.45) is 0 Å². The van der Waals surface area contributed by atoms with Crippen LogP contribution in [0.2, 0.25) is 0 Å². The number of benzene rings is 1. The second kappa shape index (κ2) is 5.60. The molecule has 1 N–H and O–H groups in total. The second-order valence-electron chi connectivity index (χ2n) is 6.06. The molecule has 3 aromatic rings. The van der Waals surface area contributed by atoms with Gasteiger partial charge in [-0.1, -0.05) is 0 Å². The van der Waals surface area contributed by atoms with Crippen LogP contribution in [0.4, 0.5) is 5.69 Å². The molecule has 4 rings (SSSR count). The molecule has 124 valence electrons. The number of nitriles is 1. The molecule has 0 atom stereocenters. The molecule has 0 bridgehead atoms. The summed E-state index contributed by atoms with van der Waals surface area (Å²) in [5, 5.41) is 23.6. The summed E-state index contributed by atoms with van der Waals surface area (Å²) in [4.78, 5) is 17.6. The van der Waals surface area contributed by atoms with Crippen LogP contribution in [0.15, 0.2) is 30.5 Å². The lowest BCUT2D eigenvalue weighted by Gasteiger charge is -2.20.